The van der Waals surface area contributed by atoms with E-state index in [9.17, 15) is 18.0 Å². The number of fused-ring (bicyclic) bond motifs is 1. The van der Waals surface area contributed by atoms with E-state index in [2.05, 4.69) is 20.3 Å². The van der Waals surface area contributed by atoms with Gasteiger partial charge in [-0.15, -0.1) is 0 Å². The van der Waals surface area contributed by atoms with Crippen molar-refractivity contribution in [2.45, 2.75) is 26.6 Å². The summed E-state index contributed by atoms with van der Waals surface area (Å²) < 4.78 is 48.8. The lowest BCUT2D eigenvalue weighted by Gasteiger charge is -2.16. The Hall–Kier alpha value is -4.86. The first kappa shape index (κ1) is 26.7. The first-order valence-electron chi connectivity index (χ1n) is 12.4. The van der Waals surface area contributed by atoms with Gasteiger partial charge in [0, 0.05) is 41.9 Å². The number of amides is 1. The minimum atomic E-state index is -4.59. The molecule has 10 heteroatoms. The summed E-state index contributed by atoms with van der Waals surface area (Å²) in [5.41, 5.74) is 3.49. The number of aromatic nitrogens is 4. The van der Waals surface area contributed by atoms with E-state index < -0.39 is 17.6 Å². The van der Waals surface area contributed by atoms with Crippen LogP contribution in [0.3, 0.4) is 0 Å². The lowest BCUT2D eigenvalue weighted by molar-refractivity contribution is -0.138. The van der Waals surface area contributed by atoms with E-state index in [0.29, 0.717) is 22.7 Å². The molecule has 2 N–H and O–H groups in total. The third kappa shape index (κ3) is 5.61. The summed E-state index contributed by atoms with van der Waals surface area (Å²) in [5, 5.41) is 3.45. The summed E-state index contributed by atoms with van der Waals surface area (Å²) in [6, 6.07) is 10.8. The maximum atomic E-state index is 13.9. The second kappa shape index (κ2) is 10.7. The van der Waals surface area contributed by atoms with Gasteiger partial charge < -0.3 is 19.6 Å². The van der Waals surface area contributed by atoms with Gasteiger partial charge in [-0.2, -0.15) is 13.2 Å². The summed E-state index contributed by atoms with van der Waals surface area (Å²) in [5.74, 6) is 0.148. The van der Waals surface area contributed by atoms with Gasteiger partial charge in [0.05, 0.1) is 30.1 Å². The van der Waals surface area contributed by atoms with Gasteiger partial charge in [0.1, 0.15) is 11.4 Å². The number of rotatable bonds is 7. The zero-order valence-electron chi connectivity index (χ0n) is 22.0. The summed E-state index contributed by atoms with van der Waals surface area (Å²) in [6.45, 7) is 3.68. The molecule has 0 aliphatic carbocycles. The van der Waals surface area contributed by atoms with Crippen LogP contribution in [0.5, 0.6) is 5.75 Å². The molecule has 0 saturated heterocycles. The molecule has 0 atom stereocenters. The number of anilines is 1. The van der Waals surface area contributed by atoms with Crippen LogP contribution in [0.4, 0.5) is 18.9 Å². The fourth-order valence-corrected chi connectivity index (χ4v) is 4.50. The maximum Gasteiger partial charge on any atom is 0.416 e. The predicted molar refractivity (Wildman–Crippen MR) is 148 cm³/mol. The standard InChI is InChI=1S/C30H26F3N5O2/c1-18-4-5-21(12-20(18)6-7-22-14-35-28-25(10-11-34-28)27(22)40-3)29(39)37-24-9-8-23(26(13-24)30(31,32)33)16-38-15-19(2)36-17-38/h4-15,17H,16H2,1-3H3,(H,34,35)(H,37,39)/b7-6+. The van der Waals surface area contributed by atoms with Crippen molar-refractivity contribution in [3.8, 4) is 5.75 Å². The Bertz CT molecular complexity index is 1730. The van der Waals surface area contributed by atoms with Gasteiger partial charge >= 0.3 is 6.18 Å². The number of imidazole rings is 1. The van der Waals surface area contributed by atoms with Crippen LogP contribution in [-0.4, -0.2) is 32.5 Å². The van der Waals surface area contributed by atoms with Crippen LogP contribution < -0.4 is 10.1 Å². The fourth-order valence-electron chi connectivity index (χ4n) is 4.50. The molecule has 0 saturated carbocycles. The average Bonchev–Trinajstić information content (AvgIpc) is 3.56. The number of aryl methyl sites for hydroxylation is 2. The predicted octanol–water partition coefficient (Wildman–Crippen LogP) is 6.87. The van der Waals surface area contributed by atoms with E-state index in [0.717, 1.165) is 28.1 Å². The van der Waals surface area contributed by atoms with Gasteiger partial charge in [-0.05, 0) is 66.9 Å². The van der Waals surface area contributed by atoms with Gasteiger partial charge in [-0.1, -0.05) is 18.2 Å². The molecule has 3 heterocycles. The number of hydrogen-bond donors (Lipinski definition) is 2. The van der Waals surface area contributed by atoms with Crippen molar-refractivity contribution in [3.05, 3.63) is 106 Å². The second-order valence-electron chi connectivity index (χ2n) is 9.40. The maximum absolute atomic E-state index is 13.9. The first-order valence-corrected chi connectivity index (χ1v) is 12.4. The Morgan fingerprint density at radius 3 is 2.60 bits per heavy atom. The Morgan fingerprint density at radius 1 is 1.07 bits per heavy atom. The van der Waals surface area contributed by atoms with Crippen molar-refractivity contribution in [1.82, 2.24) is 19.5 Å². The third-order valence-corrected chi connectivity index (χ3v) is 6.54. The van der Waals surface area contributed by atoms with Crippen LogP contribution in [-0.2, 0) is 12.7 Å². The van der Waals surface area contributed by atoms with E-state index in [-0.39, 0.29) is 17.8 Å². The van der Waals surface area contributed by atoms with Gasteiger partial charge in [0.2, 0.25) is 0 Å². The second-order valence-corrected chi connectivity index (χ2v) is 9.40. The van der Waals surface area contributed by atoms with Gasteiger partial charge in [-0.25, -0.2) is 9.97 Å². The quantitative estimate of drug-likeness (QED) is 0.234. The number of alkyl halides is 3. The number of aromatic amines is 1. The number of methoxy groups -OCH3 is 1. The number of pyridine rings is 1. The van der Waals surface area contributed by atoms with Crippen molar-refractivity contribution < 1.29 is 22.7 Å². The third-order valence-electron chi connectivity index (χ3n) is 6.54. The van der Waals surface area contributed by atoms with E-state index in [1.54, 1.807) is 55.4 Å². The number of nitrogens with one attached hydrogen (secondary N) is 2. The number of ether oxygens (including phenoxy) is 1. The molecule has 0 spiro atoms. The lowest BCUT2D eigenvalue weighted by atomic mass is 10.0. The lowest BCUT2D eigenvalue weighted by Crippen LogP contribution is -2.15. The molecule has 40 heavy (non-hydrogen) atoms. The molecule has 0 radical (unpaired) electrons. The Labute approximate surface area is 228 Å². The monoisotopic (exact) mass is 545 g/mol. The smallest absolute Gasteiger partial charge is 0.416 e. The molecule has 5 aromatic rings. The molecule has 3 aromatic heterocycles. The van der Waals surface area contributed by atoms with E-state index in [1.807, 2.05) is 25.1 Å². The Kier molecular flexibility index (Phi) is 7.17. The highest BCUT2D eigenvalue weighted by atomic mass is 19.4. The van der Waals surface area contributed by atoms with Crippen molar-refractivity contribution in [3.63, 3.8) is 0 Å². The number of nitrogens with zero attached hydrogens (tertiary/aromatic N) is 3. The number of halogens is 3. The number of hydrogen-bond acceptors (Lipinski definition) is 4. The average molecular weight is 546 g/mol. The van der Waals surface area contributed by atoms with E-state index in [4.69, 9.17) is 4.74 Å². The molecule has 0 aliphatic rings. The molecule has 0 aliphatic heterocycles. The van der Waals surface area contributed by atoms with Crippen LogP contribution in [0.15, 0.2) is 67.4 Å². The van der Waals surface area contributed by atoms with E-state index in [1.165, 1.54) is 18.5 Å². The van der Waals surface area contributed by atoms with Crippen molar-refractivity contribution in [1.29, 1.82) is 0 Å². The molecule has 2 aromatic carbocycles. The van der Waals surface area contributed by atoms with Crippen LogP contribution in [0.25, 0.3) is 23.2 Å². The van der Waals surface area contributed by atoms with Gasteiger partial charge in [-0.3, -0.25) is 4.79 Å². The minimum Gasteiger partial charge on any atom is -0.495 e. The van der Waals surface area contributed by atoms with Crippen molar-refractivity contribution in [2.75, 3.05) is 12.4 Å². The number of carbonyl (C=O) groups is 1. The highest BCUT2D eigenvalue weighted by Gasteiger charge is 2.33. The molecule has 204 valence electrons. The van der Waals surface area contributed by atoms with Crippen LogP contribution in [0, 0.1) is 13.8 Å². The number of benzene rings is 2. The first-order chi connectivity index (χ1) is 19.1. The summed E-state index contributed by atoms with van der Waals surface area (Å²) in [4.78, 5) is 24.6. The normalized spacial score (nSPS) is 11.8. The summed E-state index contributed by atoms with van der Waals surface area (Å²) >= 11 is 0. The van der Waals surface area contributed by atoms with Gasteiger partial charge in [0.15, 0.2) is 0 Å². The highest BCUT2D eigenvalue weighted by Crippen LogP contribution is 2.35. The molecule has 0 fully saturated rings. The van der Waals surface area contributed by atoms with Crippen molar-refractivity contribution in [2.24, 2.45) is 0 Å². The summed E-state index contributed by atoms with van der Waals surface area (Å²) in [7, 11) is 1.59. The molecular weight excluding hydrogens is 519 g/mol. The Morgan fingerprint density at radius 2 is 1.88 bits per heavy atom. The number of carbonyl (C=O) groups excluding carboxylic acids is 1. The summed E-state index contributed by atoms with van der Waals surface area (Å²) in [6.07, 6.45) is 5.73. The highest BCUT2D eigenvalue weighted by molar-refractivity contribution is 6.05. The molecular formula is C30H26F3N5O2. The fraction of sp³-hybridized carbons (Fsp3) is 0.167. The molecule has 0 bridgehead atoms. The molecule has 5 rings (SSSR count). The Balaban J connectivity index is 1.38. The van der Waals surface area contributed by atoms with Gasteiger partial charge in [0.25, 0.3) is 5.91 Å². The zero-order valence-corrected chi connectivity index (χ0v) is 22.0. The topological polar surface area (TPSA) is 84.8 Å². The molecule has 1 amide bonds. The minimum absolute atomic E-state index is 0.00882. The van der Waals surface area contributed by atoms with Crippen molar-refractivity contribution >= 4 is 34.8 Å². The van der Waals surface area contributed by atoms with Crippen LogP contribution >= 0.6 is 0 Å². The molecule has 0 unspecified atom stereocenters. The largest absolute Gasteiger partial charge is 0.495 e. The molecule has 7 nitrogen and oxygen atoms in total. The number of H-pyrrole nitrogens is 1. The van der Waals surface area contributed by atoms with Crippen LogP contribution in [0.1, 0.15) is 43.9 Å². The van der Waals surface area contributed by atoms with E-state index >= 15 is 0 Å². The SMILES string of the molecule is COc1c(/C=C/c2cc(C(=O)Nc3ccc(Cn4cnc(C)c4)c(C(F)(F)F)c3)ccc2C)cnc2[nH]ccc12. The zero-order chi connectivity index (χ0) is 28.4. The van der Waals surface area contributed by atoms with Crippen LogP contribution in [0.2, 0.25) is 0 Å².